The number of carbonyl (C=O) groups excluding carboxylic acids is 3. The van der Waals surface area contributed by atoms with Gasteiger partial charge < -0.3 is 20.0 Å². The van der Waals surface area contributed by atoms with Gasteiger partial charge in [-0.3, -0.25) is 9.59 Å². The van der Waals surface area contributed by atoms with Crippen molar-refractivity contribution < 1.29 is 14.4 Å². The van der Waals surface area contributed by atoms with Crippen molar-refractivity contribution in [1.82, 2.24) is 20.0 Å². The summed E-state index contributed by atoms with van der Waals surface area (Å²) in [6.45, 7) is 3.43. The number of hydrogen-bond acceptors (Lipinski definition) is 3. The van der Waals surface area contributed by atoms with E-state index in [1.807, 2.05) is 40.1 Å². The van der Waals surface area contributed by atoms with E-state index in [2.05, 4.69) is 5.32 Å². The average Bonchev–Trinajstić information content (AvgIpc) is 3.37. The van der Waals surface area contributed by atoms with Crippen LogP contribution in [0.2, 0.25) is 0 Å². The molecular weight excluding hydrogens is 356 g/mol. The molecule has 0 spiro atoms. The highest BCUT2D eigenvalue weighted by atomic mass is 16.2. The number of urea groups is 1. The molecule has 7 heteroatoms. The van der Waals surface area contributed by atoms with E-state index in [4.69, 9.17) is 0 Å². The summed E-state index contributed by atoms with van der Waals surface area (Å²) in [5, 5.41) is 2.85. The van der Waals surface area contributed by atoms with E-state index in [9.17, 15) is 14.4 Å². The molecule has 1 atom stereocenters. The lowest BCUT2D eigenvalue weighted by molar-refractivity contribution is -0.144. The minimum Gasteiger partial charge on any atom is -0.341 e. The van der Waals surface area contributed by atoms with Gasteiger partial charge in [-0.05, 0) is 31.2 Å². The quantitative estimate of drug-likeness (QED) is 0.849. The highest BCUT2D eigenvalue weighted by Gasteiger charge is 2.38. The lowest BCUT2D eigenvalue weighted by Crippen LogP contribution is -2.53. The maximum absolute atomic E-state index is 13.1. The molecule has 1 unspecified atom stereocenters. The Morgan fingerprint density at radius 2 is 1.75 bits per heavy atom. The van der Waals surface area contributed by atoms with E-state index in [-0.39, 0.29) is 29.9 Å². The Bertz CT molecular complexity index is 730. The van der Waals surface area contributed by atoms with E-state index in [0.717, 1.165) is 37.8 Å². The summed E-state index contributed by atoms with van der Waals surface area (Å²) >= 11 is 0. The second-order valence-corrected chi connectivity index (χ2v) is 7.89. The van der Waals surface area contributed by atoms with Gasteiger partial charge in [0.05, 0.1) is 6.42 Å². The average molecular weight is 384 g/mol. The van der Waals surface area contributed by atoms with Crippen molar-refractivity contribution in [1.29, 1.82) is 0 Å². The Kier molecular flexibility index (Phi) is 5.50. The third-order valence-electron chi connectivity index (χ3n) is 6.16. The normalized spacial score (nSPS) is 23.2. The Labute approximate surface area is 165 Å². The van der Waals surface area contributed by atoms with Crippen LogP contribution in [0.15, 0.2) is 30.3 Å². The Hall–Kier alpha value is -2.57. The van der Waals surface area contributed by atoms with Crippen LogP contribution in [0.25, 0.3) is 0 Å². The van der Waals surface area contributed by atoms with Crippen LogP contribution in [-0.4, -0.2) is 77.4 Å². The maximum Gasteiger partial charge on any atom is 0.317 e. The Balaban J connectivity index is 1.33. The number of amides is 4. The fourth-order valence-electron chi connectivity index (χ4n) is 4.64. The van der Waals surface area contributed by atoms with Crippen LogP contribution in [0.5, 0.6) is 0 Å². The van der Waals surface area contributed by atoms with Gasteiger partial charge in [0.2, 0.25) is 11.8 Å². The van der Waals surface area contributed by atoms with Gasteiger partial charge in [-0.25, -0.2) is 4.79 Å². The van der Waals surface area contributed by atoms with Crippen molar-refractivity contribution in [3.8, 4) is 0 Å². The molecular formula is C21H28N4O3. The zero-order valence-electron chi connectivity index (χ0n) is 16.2. The highest BCUT2D eigenvalue weighted by molar-refractivity contribution is 5.89. The van der Waals surface area contributed by atoms with E-state index >= 15 is 0 Å². The molecule has 1 aromatic carbocycles. The molecule has 1 aromatic rings. The second kappa shape index (κ2) is 8.20. The van der Waals surface area contributed by atoms with Gasteiger partial charge in [0.25, 0.3) is 0 Å². The first kappa shape index (κ1) is 18.8. The molecule has 0 saturated carbocycles. The van der Waals surface area contributed by atoms with Gasteiger partial charge in [-0.2, -0.15) is 0 Å². The first-order valence-electron chi connectivity index (χ1n) is 10.3. The third-order valence-corrected chi connectivity index (χ3v) is 6.16. The van der Waals surface area contributed by atoms with Crippen molar-refractivity contribution in [2.45, 2.75) is 44.2 Å². The van der Waals surface area contributed by atoms with Crippen LogP contribution < -0.4 is 5.32 Å². The zero-order chi connectivity index (χ0) is 19.5. The number of nitrogens with one attached hydrogen (secondary N) is 1. The van der Waals surface area contributed by atoms with E-state index in [0.29, 0.717) is 32.6 Å². The van der Waals surface area contributed by atoms with Gasteiger partial charge >= 0.3 is 6.03 Å². The zero-order valence-corrected chi connectivity index (χ0v) is 16.2. The monoisotopic (exact) mass is 384 g/mol. The standard InChI is InChI=1S/C21H28N4O3/c26-19(15-16-5-2-1-3-6-16)25-11-4-7-18(25)20(27)23-12-8-17(9-13-23)24-14-10-22-21(24)28/h1-3,5-6,17-18H,4,7-15H2,(H,22,28). The molecule has 4 amide bonds. The van der Waals surface area contributed by atoms with Crippen LogP contribution in [0.1, 0.15) is 31.2 Å². The summed E-state index contributed by atoms with van der Waals surface area (Å²) in [4.78, 5) is 43.3. The van der Waals surface area contributed by atoms with E-state index < -0.39 is 0 Å². The smallest absolute Gasteiger partial charge is 0.317 e. The number of likely N-dealkylation sites (tertiary alicyclic amines) is 2. The van der Waals surface area contributed by atoms with Crippen LogP contribution in [-0.2, 0) is 16.0 Å². The second-order valence-electron chi connectivity index (χ2n) is 7.89. The van der Waals surface area contributed by atoms with Crippen molar-refractivity contribution in [3.05, 3.63) is 35.9 Å². The van der Waals surface area contributed by atoms with E-state index in [1.54, 1.807) is 4.90 Å². The third kappa shape index (κ3) is 3.84. The lowest BCUT2D eigenvalue weighted by Gasteiger charge is -2.38. The molecule has 7 nitrogen and oxygen atoms in total. The summed E-state index contributed by atoms with van der Waals surface area (Å²) in [5.74, 6) is 0.105. The fourth-order valence-corrected chi connectivity index (χ4v) is 4.64. The molecule has 0 radical (unpaired) electrons. The van der Waals surface area contributed by atoms with Gasteiger partial charge in [-0.15, -0.1) is 0 Å². The van der Waals surface area contributed by atoms with Gasteiger partial charge in [0, 0.05) is 38.8 Å². The molecule has 0 aliphatic carbocycles. The first-order valence-corrected chi connectivity index (χ1v) is 10.3. The summed E-state index contributed by atoms with van der Waals surface area (Å²) in [5.41, 5.74) is 0.982. The highest BCUT2D eigenvalue weighted by Crippen LogP contribution is 2.24. The predicted molar refractivity (Wildman–Crippen MR) is 105 cm³/mol. The number of carbonyl (C=O) groups is 3. The first-order chi connectivity index (χ1) is 13.6. The minimum atomic E-state index is -0.331. The number of rotatable bonds is 4. The molecule has 28 heavy (non-hydrogen) atoms. The molecule has 150 valence electrons. The minimum absolute atomic E-state index is 0.0123. The largest absolute Gasteiger partial charge is 0.341 e. The summed E-state index contributed by atoms with van der Waals surface area (Å²) in [6.07, 6.45) is 3.58. The number of piperidine rings is 1. The lowest BCUT2D eigenvalue weighted by atomic mass is 10.0. The van der Waals surface area contributed by atoms with E-state index in [1.165, 1.54) is 0 Å². The molecule has 3 heterocycles. The Morgan fingerprint density at radius 3 is 2.43 bits per heavy atom. The molecule has 3 aliphatic rings. The predicted octanol–water partition coefficient (Wildman–Crippen LogP) is 1.24. The molecule has 3 saturated heterocycles. The van der Waals surface area contributed by atoms with Crippen LogP contribution in [0.3, 0.4) is 0 Å². The molecule has 1 N–H and O–H groups in total. The van der Waals surface area contributed by atoms with Crippen molar-refractivity contribution in [3.63, 3.8) is 0 Å². The number of nitrogens with zero attached hydrogens (tertiary/aromatic N) is 3. The molecule has 3 fully saturated rings. The topological polar surface area (TPSA) is 73.0 Å². The van der Waals surface area contributed by atoms with Gasteiger partial charge in [0.15, 0.2) is 0 Å². The number of benzene rings is 1. The van der Waals surface area contributed by atoms with Crippen LogP contribution >= 0.6 is 0 Å². The summed E-state index contributed by atoms with van der Waals surface area (Å²) in [6, 6.07) is 9.59. The Morgan fingerprint density at radius 1 is 1.00 bits per heavy atom. The van der Waals surface area contributed by atoms with Crippen molar-refractivity contribution in [2.75, 3.05) is 32.7 Å². The van der Waals surface area contributed by atoms with Crippen molar-refractivity contribution in [2.24, 2.45) is 0 Å². The molecule has 0 aromatic heterocycles. The van der Waals surface area contributed by atoms with Crippen LogP contribution in [0.4, 0.5) is 4.79 Å². The maximum atomic E-state index is 13.1. The molecule has 3 aliphatic heterocycles. The number of hydrogen-bond donors (Lipinski definition) is 1. The van der Waals surface area contributed by atoms with Crippen LogP contribution in [0, 0.1) is 0 Å². The summed E-state index contributed by atoms with van der Waals surface area (Å²) in [7, 11) is 0. The molecule has 0 bridgehead atoms. The van der Waals surface area contributed by atoms with Gasteiger partial charge in [0.1, 0.15) is 6.04 Å². The van der Waals surface area contributed by atoms with Crippen molar-refractivity contribution >= 4 is 17.8 Å². The fraction of sp³-hybridized carbons (Fsp3) is 0.571. The molecule has 4 rings (SSSR count). The summed E-state index contributed by atoms with van der Waals surface area (Å²) < 4.78 is 0. The SMILES string of the molecule is O=C(C1CCCN1C(=O)Cc1ccccc1)N1CCC(N2CCNC2=O)CC1. The van der Waals surface area contributed by atoms with Gasteiger partial charge in [-0.1, -0.05) is 30.3 Å².